The van der Waals surface area contributed by atoms with Gasteiger partial charge in [-0.25, -0.2) is 4.98 Å². The molecule has 0 bridgehead atoms. The molecule has 4 heteroatoms. The van der Waals surface area contributed by atoms with Crippen LogP contribution in [0.4, 0.5) is 0 Å². The Labute approximate surface area is 112 Å². The summed E-state index contributed by atoms with van der Waals surface area (Å²) < 4.78 is 10.8. The second-order valence-electron chi connectivity index (χ2n) is 4.21. The fraction of sp³-hybridized carbons (Fsp3) is 0.267. The third-order valence-electron chi connectivity index (χ3n) is 2.80. The minimum atomic E-state index is -0.465. The topological polar surface area (TPSA) is 51.6 Å². The Morgan fingerprint density at radius 3 is 2.58 bits per heavy atom. The van der Waals surface area contributed by atoms with Crippen LogP contribution in [0.3, 0.4) is 0 Å². The molecule has 0 aliphatic heterocycles. The van der Waals surface area contributed by atoms with E-state index in [1.165, 1.54) is 0 Å². The fourth-order valence-electron chi connectivity index (χ4n) is 1.72. The van der Waals surface area contributed by atoms with Crippen LogP contribution in [0.2, 0.25) is 0 Å². The van der Waals surface area contributed by atoms with Crippen LogP contribution in [0.1, 0.15) is 24.2 Å². The summed E-state index contributed by atoms with van der Waals surface area (Å²) in [4.78, 5) is 4.11. The molecule has 1 aromatic carbocycles. The highest BCUT2D eigenvalue weighted by atomic mass is 16.5. The second kappa shape index (κ2) is 6.20. The maximum Gasteiger partial charge on any atom is 0.219 e. The zero-order valence-electron chi connectivity index (χ0n) is 11.0. The van der Waals surface area contributed by atoms with Gasteiger partial charge in [0.05, 0.1) is 18.8 Å². The molecule has 0 saturated carbocycles. The van der Waals surface area contributed by atoms with Crippen LogP contribution in [0.25, 0.3) is 0 Å². The maximum atomic E-state index is 9.43. The summed E-state index contributed by atoms with van der Waals surface area (Å²) in [7, 11) is 1.59. The highest BCUT2D eigenvalue weighted by molar-refractivity contribution is 5.30. The number of aliphatic hydroxyl groups is 1. The van der Waals surface area contributed by atoms with Crippen molar-refractivity contribution in [2.45, 2.75) is 19.6 Å². The molecule has 0 radical (unpaired) electrons. The lowest BCUT2D eigenvalue weighted by Gasteiger charge is -2.10. The molecular formula is C15H17NO3. The van der Waals surface area contributed by atoms with Crippen LogP contribution in [0.5, 0.6) is 11.6 Å². The zero-order chi connectivity index (χ0) is 13.7. The van der Waals surface area contributed by atoms with Gasteiger partial charge < -0.3 is 14.6 Å². The van der Waals surface area contributed by atoms with Gasteiger partial charge in [0.25, 0.3) is 0 Å². The summed E-state index contributed by atoms with van der Waals surface area (Å²) in [6, 6.07) is 11.1. The Hall–Kier alpha value is -2.07. The number of pyridine rings is 1. The van der Waals surface area contributed by atoms with E-state index in [2.05, 4.69) is 4.98 Å². The summed E-state index contributed by atoms with van der Waals surface area (Å²) >= 11 is 0. The summed E-state index contributed by atoms with van der Waals surface area (Å²) in [6.07, 6.45) is 1.22. The predicted molar refractivity (Wildman–Crippen MR) is 72.2 cm³/mol. The minimum Gasteiger partial charge on any atom is -0.489 e. The summed E-state index contributed by atoms with van der Waals surface area (Å²) in [6.45, 7) is 2.13. The molecular weight excluding hydrogens is 242 g/mol. The van der Waals surface area contributed by atoms with E-state index in [1.807, 2.05) is 36.4 Å². The maximum absolute atomic E-state index is 9.43. The molecule has 1 unspecified atom stereocenters. The average Bonchev–Trinajstić information content (AvgIpc) is 2.45. The first-order valence-corrected chi connectivity index (χ1v) is 6.09. The van der Waals surface area contributed by atoms with Crippen LogP contribution in [0.15, 0.2) is 42.6 Å². The normalized spacial score (nSPS) is 11.9. The Bertz CT molecular complexity index is 523. The van der Waals surface area contributed by atoms with Crippen molar-refractivity contribution in [1.82, 2.24) is 4.98 Å². The molecule has 2 rings (SSSR count). The zero-order valence-corrected chi connectivity index (χ0v) is 11.0. The van der Waals surface area contributed by atoms with E-state index in [1.54, 1.807) is 20.2 Å². The first-order valence-electron chi connectivity index (χ1n) is 6.09. The highest BCUT2D eigenvalue weighted by Crippen LogP contribution is 2.20. The van der Waals surface area contributed by atoms with Crippen molar-refractivity contribution < 1.29 is 14.6 Å². The highest BCUT2D eigenvalue weighted by Gasteiger charge is 2.05. The lowest BCUT2D eigenvalue weighted by atomic mass is 10.1. The van der Waals surface area contributed by atoms with Crippen molar-refractivity contribution in [3.05, 3.63) is 53.7 Å². The van der Waals surface area contributed by atoms with Gasteiger partial charge in [-0.15, -0.1) is 0 Å². The molecule has 2 aromatic rings. The number of aromatic nitrogens is 1. The first kappa shape index (κ1) is 13.4. The van der Waals surface area contributed by atoms with E-state index in [4.69, 9.17) is 9.47 Å². The van der Waals surface area contributed by atoms with Crippen molar-refractivity contribution in [3.8, 4) is 11.6 Å². The van der Waals surface area contributed by atoms with Gasteiger partial charge >= 0.3 is 0 Å². The molecule has 1 heterocycles. The molecule has 0 aliphatic rings. The van der Waals surface area contributed by atoms with Crippen molar-refractivity contribution >= 4 is 0 Å². The van der Waals surface area contributed by atoms with Crippen molar-refractivity contribution in [3.63, 3.8) is 0 Å². The van der Waals surface area contributed by atoms with E-state index < -0.39 is 6.10 Å². The van der Waals surface area contributed by atoms with Crippen LogP contribution >= 0.6 is 0 Å². The quantitative estimate of drug-likeness (QED) is 0.897. The molecule has 4 nitrogen and oxygen atoms in total. The number of hydrogen-bond acceptors (Lipinski definition) is 4. The van der Waals surface area contributed by atoms with Gasteiger partial charge in [0.15, 0.2) is 0 Å². The van der Waals surface area contributed by atoms with Crippen molar-refractivity contribution in [1.29, 1.82) is 0 Å². The number of rotatable bonds is 5. The monoisotopic (exact) mass is 259 g/mol. The van der Waals surface area contributed by atoms with Gasteiger partial charge in [0.1, 0.15) is 12.4 Å². The molecule has 0 spiro atoms. The molecule has 100 valence electrons. The number of aliphatic hydroxyl groups excluding tert-OH is 1. The molecule has 1 N–H and O–H groups in total. The summed E-state index contributed by atoms with van der Waals surface area (Å²) in [5.41, 5.74) is 1.76. The Kier molecular flexibility index (Phi) is 4.36. The molecule has 19 heavy (non-hydrogen) atoms. The standard InChI is InChI=1S/C15H17NO3/c1-11(17)12-5-7-14(8-6-12)19-10-13-4-3-9-16-15(13)18-2/h3-9,11,17H,10H2,1-2H3. The molecule has 0 amide bonds. The van der Waals surface area contributed by atoms with Crippen LogP contribution in [0, 0.1) is 0 Å². The molecule has 0 aliphatic carbocycles. The van der Waals surface area contributed by atoms with Gasteiger partial charge in [0.2, 0.25) is 5.88 Å². The lowest BCUT2D eigenvalue weighted by molar-refractivity contribution is 0.199. The Morgan fingerprint density at radius 2 is 1.95 bits per heavy atom. The van der Waals surface area contributed by atoms with Crippen LogP contribution < -0.4 is 9.47 Å². The minimum absolute atomic E-state index is 0.394. The van der Waals surface area contributed by atoms with Gasteiger partial charge in [0, 0.05) is 6.20 Å². The van der Waals surface area contributed by atoms with E-state index in [0.29, 0.717) is 12.5 Å². The second-order valence-corrected chi connectivity index (χ2v) is 4.21. The van der Waals surface area contributed by atoms with E-state index >= 15 is 0 Å². The number of methoxy groups -OCH3 is 1. The number of hydrogen-bond donors (Lipinski definition) is 1. The van der Waals surface area contributed by atoms with Crippen LogP contribution in [-0.2, 0) is 6.61 Å². The molecule has 0 saturated heterocycles. The summed E-state index contributed by atoms with van der Waals surface area (Å²) in [5.74, 6) is 1.32. The number of nitrogens with zero attached hydrogens (tertiary/aromatic N) is 1. The first-order chi connectivity index (χ1) is 9.20. The fourth-order valence-corrected chi connectivity index (χ4v) is 1.72. The van der Waals surface area contributed by atoms with Gasteiger partial charge in [-0.3, -0.25) is 0 Å². The predicted octanol–water partition coefficient (Wildman–Crippen LogP) is 2.72. The third kappa shape index (κ3) is 3.45. The SMILES string of the molecule is COc1ncccc1COc1ccc(C(C)O)cc1. The van der Waals surface area contributed by atoms with Gasteiger partial charge in [-0.1, -0.05) is 12.1 Å². The molecule has 0 fully saturated rings. The Morgan fingerprint density at radius 1 is 1.21 bits per heavy atom. The molecule has 1 aromatic heterocycles. The molecule has 1 atom stereocenters. The van der Waals surface area contributed by atoms with E-state index in [-0.39, 0.29) is 0 Å². The average molecular weight is 259 g/mol. The smallest absolute Gasteiger partial charge is 0.219 e. The van der Waals surface area contributed by atoms with Gasteiger partial charge in [-0.2, -0.15) is 0 Å². The Balaban J connectivity index is 2.02. The largest absolute Gasteiger partial charge is 0.489 e. The summed E-state index contributed by atoms with van der Waals surface area (Å²) in [5, 5.41) is 9.43. The van der Waals surface area contributed by atoms with Crippen LogP contribution in [-0.4, -0.2) is 17.2 Å². The van der Waals surface area contributed by atoms with E-state index in [9.17, 15) is 5.11 Å². The lowest BCUT2D eigenvalue weighted by Crippen LogP contribution is -2.00. The number of benzene rings is 1. The van der Waals surface area contributed by atoms with Gasteiger partial charge in [-0.05, 0) is 36.8 Å². The third-order valence-corrected chi connectivity index (χ3v) is 2.80. The van der Waals surface area contributed by atoms with Crippen molar-refractivity contribution in [2.75, 3.05) is 7.11 Å². The van der Waals surface area contributed by atoms with E-state index in [0.717, 1.165) is 16.9 Å². The number of ether oxygens (including phenoxy) is 2. The van der Waals surface area contributed by atoms with Crippen molar-refractivity contribution in [2.24, 2.45) is 0 Å².